The van der Waals surface area contributed by atoms with E-state index in [1.165, 1.54) is 5.56 Å². The van der Waals surface area contributed by atoms with E-state index in [2.05, 4.69) is 11.4 Å². The largest absolute Gasteiger partial charge is 0.344 e. The average Bonchev–Trinajstić information content (AvgIpc) is 3.23. The topological polar surface area (TPSA) is 49.4 Å². The highest BCUT2D eigenvalue weighted by atomic mass is 16.2. The Morgan fingerprint density at radius 2 is 1.95 bits per heavy atom. The van der Waals surface area contributed by atoms with Crippen LogP contribution in [0, 0.1) is 11.8 Å². The summed E-state index contributed by atoms with van der Waals surface area (Å²) in [5.74, 6) is 0.274. The molecule has 3 rings (SSSR count). The van der Waals surface area contributed by atoms with Crippen LogP contribution in [0.3, 0.4) is 0 Å². The Labute approximate surface area is 125 Å². The lowest BCUT2D eigenvalue weighted by molar-refractivity contribution is -0.129. The van der Waals surface area contributed by atoms with Crippen molar-refractivity contribution in [3.63, 3.8) is 0 Å². The maximum absolute atomic E-state index is 12.8. The SMILES string of the molecule is CC(C)[C@@H](NC(=O)C1CC1)C(=O)N1CCc2ccccc21. The molecular weight excluding hydrogens is 264 g/mol. The Morgan fingerprint density at radius 3 is 2.62 bits per heavy atom. The highest BCUT2D eigenvalue weighted by Crippen LogP contribution is 2.31. The van der Waals surface area contributed by atoms with E-state index in [-0.39, 0.29) is 23.7 Å². The van der Waals surface area contributed by atoms with Crippen molar-refractivity contribution in [2.75, 3.05) is 11.4 Å². The number of benzene rings is 1. The summed E-state index contributed by atoms with van der Waals surface area (Å²) in [7, 11) is 0. The number of hydrogen-bond donors (Lipinski definition) is 1. The van der Waals surface area contributed by atoms with E-state index in [1.54, 1.807) is 0 Å². The molecule has 0 saturated heterocycles. The Balaban J connectivity index is 1.77. The van der Waals surface area contributed by atoms with Crippen LogP contribution in [0.4, 0.5) is 5.69 Å². The maximum atomic E-state index is 12.8. The van der Waals surface area contributed by atoms with Crippen molar-refractivity contribution in [1.29, 1.82) is 0 Å². The van der Waals surface area contributed by atoms with Crippen LogP contribution in [0.25, 0.3) is 0 Å². The molecule has 2 amide bonds. The number of hydrogen-bond acceptors (Lipinski definition) is 2. The normalized spacial score (nSPS) is 18.5. The van der Waals surface area contributed by atoms with Gasteiger partial charge in [-0.05, 0) is 36.8 Å². The second kappa shape index (κ2) is 5.51. The summed E-state index contributed by atoms with van der Waals surface area (Å²) in [5, 5.41) is 2.96. The van der Waals surface area contributed by atoms with Gasteiger partial charge in [-0.2, -0.15) is 0 Å². The molecular formula is C17H22N2O2. The fraction of sp³-hybridized carbons (Fsp3) is 0.529. The molecule has 0 unspecified atom stereocenters. The summed E-state index contributed by atoms with van der Waals surface area (Å²) in [5.41, 5.74) is 2.20. The summed E-state index contributed by atoms with van der Waals surface area (Å²) in [6, 6.07) is 7.58. The lowest BCUT2D eigenvalue weighted by Crippen LogP contribution is -2.51. The van der Waals surface area contributed by atoms with Crippen LogP contribution in [0.1, 0.15) is 32.3 Å². The molecule has 1 atom stereocenters. The van der Waals surface area contributed by atoms with Crippen molar-refractivity contribution in [2.45, 2.75) is 39.2 Å². The Bertz CT molecular complexity index is 564. The van der Waals surface area contributed by atoms with Gasteiger partial charge >= 0.3 is 0 Å². The molecule has 1 aromatic carbocycles. The predicted octanol–water partition coefficient (Wildman–Crippen LogP) is 2.13. The van der Waals surface area contributed by atoms with Crippen molar-refractivity contribution < 1.29 is 9.59 Å². The monoisotopic (exact) mass is 286 g/mol. The van der Waals surface area contributed by atoms with E-state index >= 15 is 0 Å². The van der Waals surface area contributed by atoms with E-state index in [0.717, 1.165) is 24.9 Å². The molecule has 0 aromatic heterocycles. The lowest BCUT2D eigenvalue weighted by atomic mass is 10.0. The third-order valence-corrected chi connectivity index (χ3v) is 4.33. The summed E-state index contributed by atoms with van der Waals surface area (Å²) >= 11 is 0. The Hall–Kier alpha value is -1.84. The van der Waals surface area contributed by atoms with Gasteiger partial charge in [0.1, 0.15) is 6.04 Å². The van der Waals surface area contributed by atoms with Gasteiger partial charge in [0.15, 0.2) is 0 Å². The predicted molar refractivity (Wildman–Crippen MR) is 82.0 cm³/mol. The quantitative estimate of drug-likeness (QED) is 0.921. The van der Waals surface area contributed by atoms with Gasteiger partial charge in [0.05, 0.1) is 0 Å². The number of rotatable bonds is 4. The first-order valence-corrected chi connectivity index (χ1v) is 7.77. The van der Waals surface area contributed by atoms with Gasteiger partial charge in [-0.3, -0.25) is 9.59 Å². The molecule has 2 aliphatic rings. The number of carbonyl (C=O) groups excluding carboxylic acids is 2. The minimum absolute atomic E-state index is 0.0175. The van der Waals surface area contributed by atoms with E-state index in [1.807, 2.05) is 36.9 Å². The van der Waals surface area contributed by atoms with E-state index in [9.17, 15) is 9.59 Å². The van der Waals surface area contributed by atoms with Crippen LogP contribution in [-0.4, -0.2) is 24.4 Å². The standard InChI is InChI=1S/C17H22N2O2/c1-11(2)15(18-16(20)13-7-8-13)17(21)19-10-9-12-5-3-4-6-14(12)19/h3-6,11,13,15H,7-10H2,1-2H3,(H,18,20)/t15-/m1/s1. The molecule has 112 valence electrons. The van der Waals surface area contributed by atoms with Crippen LogP contribution in [0.15, 0.2) is 24.3 Å². The van der Waals surface area contributed by atoms with Crippen LogP contribution < -0.4 is 10.2 Å². The van der Waals surface area contributed by atoms with Crippen LogP contribution in [-0.2, 0) is 16.0 Å². The fourth-order valence-corrected chi connectivity index (χ4v) is 2.87. The van der Waals surface area contributed by atoms with Crippen molar-refractivity contribution in [1.82, 2.24) is 5.32 Å². The van der Waals surface area contributed by atoms with Gasteiger partial charge in [-0.1, -0.05) is 32.0 Å². The van der Waals surface area contributed by atoms with Gasteiger partial charge in [-0.15, -0.1) is 0 Å². The number of anilines is 1. The first-order chi connectivity index (χ1) is 10.1. The number of nitrogens with one attached hydrogen (secondary N) is 1. The van der Waals surface area contributed by atoms with Crippen LogP contribution in [0.2, 0.25) is 0 Å². The third-order valence-electron chi connectivity index (χ3n) is 4.33. The van der Waals surface area contributed by atoms with Crippen molar-refractivity contribution in [3.8, 4) is 0 Å². The molecule has 1 aliphatic heterocycles. The molecule has 1 saturated carbocycles. The van der Waals surface area contributed by atoms with E-state index in [4.69, 9.17) is 0 Å². The number of nitrogens with zero attached hydrogens (tertiary/aromatic N) is 1. The minimum atomic E-state index is -0.427. The Morgan fingerprint density at radius 1 is 1.24 bits per heavy atom. The summed E-state index contributed by atoms with van der Waals surface area (Å²) in [6.07, 6.45) is 2.80. The lowest BCUT2D eigenvalue weighted by Gasteiger charge is -2.27. The molecule has 1 aromatic rings. The van der Waals surface area contributed by atoms with Gasteiger partial charge in [0.2, 0.25) is 11.8 Å². The van der Waals surface area contributed by atoms with Crippen molar-refractivity contribution in [3.05, 3.63) is 29.8 Å². The second-order valence-corrected chi connectivity index (χ2v) is 6.37. The molecule has 1 fully saturated rings. The molecule has 1 N–H and O–H groups in total. The molecule has 1 heterocycles. The highest BCUT2D eigenvalue weighted by molar-refractivity contribution is 6.01. The number of fused-ring (bicyclic) bond motifs is 1. The van der Waals surface area contributed by atoms with Crippen LogP contribution in [0.5, 0.6) is 0 Å². The summed E-state index contributed by atoms with van der Waals surface area (Å²) < 4.78 is 0. The van der Waals surface area contributed by atoms with Crippen molar-refractivity contribution in [2.24, 2.45) is 11.8 Å². The molecule has 21 heavy (non-hydrogen) atoms. The number of para-hydroxylation sites is 1. The average molecular weight is 286 g/mol. The van der Waals surface area contributed by atoms with E-state index < -0.39 is 6.04 Å². The number of carbonyl (C=O) groups is 2. The second-order valence-electron chi connectivity index (χ2n) is 6.37. The zero-order valence-corrected chi connectivity index (χ0v) is 12.6. The van der Waals surface area contributed by atoms with E-state index in [0.29, 0.717) is 6.54 Å². The maximum Gasteiger partial charge on any atom is 0.249 e. The molecule has 0 spiro atoms. The number of amides is 2. The van der Waals surface area contributed by atoms with Crippen molar-refractivity contribution >= 4 is 17.5 Å². The first kappa shape index (κ1) is 14.1. The van der Waals surface area contributed by atoms with Gasteiger partial charge in [0, 0.05) is 18.2 Å². The first-order valence-electron chi connectivity index (χ1n) is 7.77. The zero-order chi connectivity index (χ0) is 15.0. The van der Waals surface area contributed by atoms with Gasteiger partial charge in [-0.25, -0.2) is 0 Å². The van der Waals surface area contributed by atoms with Gasteiger partial charge in [0.25, 0.3) is 0 Å². The smallest absolute Gasteiger partial charge is 0.249 e. The molecule has 1 aliphatic carbocycles. The summed E-state index contributed by atoms with van der Waals surface area (Å²) in [6.45, 7) is 4.68. The molecule has 4 heteroatoms. The molecule has 0 radical (unpaired) electrons. The fourth-order valence-electron chi connectivity index (χ4n) is 2.87. The molecule has 4 nitrogen and oxygen atoms in total. The highest BCUT2D eigenvalue weighted by Gasteiger charge is 2.36. The van der Waals surface area contributed by atoms with Crippen LogP contribution >= 0.6 is 0 Å². The van der Waals surface area contributed by atoms with Gasteiger partial charge < -0.3 is 10.2 Å². The summed E-state index contributed by atoms with van der Waals surface area (Å²) in [4.78, 5) is 26.7. The third kappa shape index (κ3) is 2.80. The molecule has 0 bridgehead atoms. The minimum Gasteiger partial charge on any atom is -0.344 e. The Kier molecular flexibility index (Phi) is 3.70. The zero-order valence-electron chi connectivity index (χ0n) is 12.6.